The maximum absolute atomic E-state index is 11.5. The molecule has 0 rings (SSSR count). The summed E-state index contributed by atoms with van der Waals surface area (Å²) in [7, 11) is 0. The van der Waals surface area contributed by atoms with E-state index in [0.717, 1.165) is 0 Å². The lowest BCUT2D eigenvalue weighted by Crippen LogP contribution is -2.41. The van der Waals surface area contributed by atoms with Crippen LogP contribution in [0, 0.1) is 0 Å². The molecule has 7 heteroatoms. The molecule has 1 atom stereocenters. The molecule has 0 saturated carbocycles. The van der Waals surface area contributed by atoms with Crippen molar-refractivity contribution < 1.29 is 24.6 Å². The van der Waals surface area contributed by atoms with Crippen LogP contribution in [0.5, 0.6) is 0 Å². The van der Waals surface area contributed by atoms with Crippen molar-refractivity contribution in [1.29, 1.82) is 0 Å². The highest BCUT2D eigenvalue weighted by molar-refractivity contribution is 5.83. The smallest absolute Gasteiger partial charge is 0.326 e. The number of rotatable bonds is 10. The van der Waals surface area contributed by atoms with Crippen LogP contribution < -0.4 is 10.6 Å². The van der Waals surface area contributed by atoms with Gasteiger partial charge in [-0.1, -0.05) is 13.8 Å². The van der Waals surface area contributed by atoms with E-state index < -0.39 is 18.0 Å². The van der Waals surface area contributed by atoms with Crippen molar-refractivity contribution >= 4 is 17.8 Å². The molecule has 0 fully saturated rings. The van der Waals surface area contributed by atoms with Crippen molar-refractivity contribution in [2.45, 2.75) is 51.6 Å². The Kier molecular flexibility index (Phi) is 8.52. The zero-order valence-electron chi connectivity index (χ0n) is 11.3. The van der Waals surface area contributed by atoms with Gasteiger partial charge in [0, 0.05) is 18.9 Å². The van der Waals surface area contributed by atoms with Gasteiger partial charge in [-0.25, -0.2) is 4.79 Å². The Morgan fingerprint density at radius 2 is 1.74 bits per heavy atom. The number of aliphatic carboxylic acids is 2. The molecule has 1 amide bonds. The third-order valence-electron chi connectivity index (χ3n) is 2.41. The van der Waals surface area contributed by atoms with E-state index in [1.807, 2.05) is 13.8 Å². The summed E-state index contributed by atoms with van der Waals surface area (Å²) in [6, 6.07) is -0.799. The highest BCUT2D eigenvalue weighted by atomic mass is 16.4. The molecule has 0 aromatic carbocycles. The van der Waals surface area contributed by atoms with Crippen molar-refractivity contribution in [3.05, 3.63) is 0 Å². The summed E-state index contributed by atoms with van der Waals surface area (Å²) < 4.78 is 0. The third kappa shape index (κ3) is 10.0. The summed E-state index contributed by atoms with van der Waals surface area (Å²) in [5.74, 6) is -2.67. The second kappa shape index (κ2) is 9.32. The van der Waals surface area contributed by atoms with E-state index in [2.05, 4.69) is 10.6 Å². The Labute approximate surface area is 112 Å². The SMILES string of the molecule is CC(C)NCCCC(=O)NC(CCC(=O)O)C(=O)O. The molecular weight excluding hydrogens is 252 g/mol. The second-order valence-electron chi connectivity index (χ2n) is 4.60. The van der Waals surface area contributed by atoms with E-state index in [0.29, 0.717) is 19.0 Å². The molecule has 0 spiro atoms. The van der Waals surface area contributed by atoms with Crippen molar-refractivity contribution in [3.8, 4) is 0 Å². The fourth-order valence-corrected chi connectivity index (χ4v) is 1.43. The maximum atomic E-state index is 11.5. The Balaban J connectivity index is 3.96. The topological polar surface area (TPSA) is 116 Å². The molecule has 0 heterocycles. The number of nitrogens with one attached hydrogen (secondary N) is 2. The van der Waals surface area contributed by atoms with E-state index in [4.69, 9.17) is 10.2 Å². The summed E-state index contributed by atoms with van der Waals surface area (Å²) in [5.41, 5.74) is 0. The molecule has 4 N–H and O–H groups in total. The first-order chi connectivity index (χ1) is 8.82. The van der Waals surface area contributed by atoms with Crippen LogP contribution in [-0.2, 0) is 14.4 Å². The Morgan fingerprint density at radius 3 is 2.21 bits per heavy atom. The summed E-state index contributed by atoms with van der Waals surface area (Å²) in [6.45, 7) is 4.66. The lowest BCUT2D eigenvalue weighted by Gasteiger charge is -2.13. The monoisotopic (exact) mass is 274 g/mol. The van der Waals surface area contributed by atoms with E-state index in [9.17, 15) is 14.4 Å². The van der Waals surface area contributed by atoms with Crippen molar-refractivity contribution in [1.82, 2.24) is 10.6 Å². The summed E-state index contributed by atoms with van der Waals surface area (Å²) in [6.07, 6.45) is 0.429. The van der Waals surface area contributed by atoms with E-state index in [1.165, 1.54) is 0 Å². The summed E-state index contributed by atoms with van der Waals surface area (Å²) in [5, 5.41) is 22.8. The van der Waals surface area contributed by atoms with Gasteiger partial charge in [-0.15, -0.1) is 0 Å². The number of amides is 1. The van der Waals surface area contributed by atoms with Gasteiger partial charge in [-0.05, 0) is 19.4 Å². The molecule has 1 unspecified atom stereocenters. The lowest BCUT2D eigenvalue weighted by atomic mass is 10.1. The molecular formula is C12H22N2O5. The molecule has 0 aliphatic rings. The molecule has 0 aromatic heterocycles. The van der Waals surface area contributed by atoms with Crippen LogP contribution in [0.25, 0.3) is 0 Å². The third-order valence-corrected chi connectivity index (χ3v) is 2.41. The number of carbonyl (C=O) groups excluding carboxylic acids is 1. The quantitative estimate of drug-likeness (QED) is 0.423. The van der Waals surface area contributed by atoms with Gasteiger partial charge in [0.15, 0.2) is 0 Å². The normalized spacial score (nSPS) is 12.2. The van der Waals surface area contributed by atoms with E-state index in [-0.39, 0.29) is 25.2 Å². The van der Waals surface area contributed by atoms with Gasteiger partial charge >= 0.3 is 11.9 Å². The standard InChI is InChI=1S/C12H22N2O5/c1-8(2)13-7-3-4-10(15)14-9(12(18)19)5-6-11(16)17/h8-9,13H,3-7H2,1-2H3,(H,14,15)(H,16,17)(H,18,19). The zero-order valence-corrected chi connectivity index (χ0v) is 11.3. The number of carboxylic acid groups (broad SMARTS) is 2. The molecule has 0 saturated heterocycles. The van der Waals surface area contributed by atoms with Gasteiger partial charge in [0.25, 0.3) is 0 Å². The maximum Gasteiger partial charge on any atom is 0.326 e. The number of hydrogen-bond donors (Lipinski definition) is 4. The summed E-state index contributed by atoms with van der Waals surface area (Å²) in [4.78, 5) is 32.7. The largest absolute Gasteiger partial charge is 0.481 e. The fourth-order valence-electron chi connectivity index (χ4n) is 1.43. The van der Waals surface area contributed by atoms with Crippen LogP contribution in [0.3, 0.4) is 0 Å². The van der Waals surface area contributed by atoms with Crippen LogP contribution in [-0.4, -0.2) is 46.7 Å². The molecule has 0 radical (unpaired) electrons. The first kappa shape index (κ1) is 17.4. The number of carbonyl (C=O) groups is 3. The number of hydrogen-bond acceptors (Lipinski definition) is 4. The number of carboxylic acids is 2. The van der Waals surface area contributed by atoms with Gasteiger partial charge < -0.3 is 20.8 Å². The Morgan fingerprint density at radius 1 is 1.11 bits per heavy atom. The fraction of sp³-hybridized carbons (Fsp3) is 0.750. The average molecular weight is 274 g/mol. The average Bonchev–Trinajstić information content (AvgIpc) is 2.29. The lowest BCUT2D eigenvalue weighted by molar-refractivity contribution is -0.143. The molecule has 19 heavy (non-hydrogen) atoms. The highest BCUT2D eigenvalue weighted by Gasteiger charge is 2.20. The first-order valence-electron chi connectivity index (χ1n) is 6.30. The van der Waals surface area contributed by atoms with Crippen LogP contribution in [0.15, 0.2) is 0 Å². The predicted octanol–water partition coefficient (Wildman–Crippen LogP) is 0.199. The van der Waals surface area contributed by atoms with Crippen LogP contribution in [0.2, 0.25) is 0 Å². The minimum atomic E-state index is -1.21. The van der Waals surface area contributed by atoms with Gasteiger partial charge in [-0.2, -0.15) is 0 Å². The van der Waals surface area contributed by atoms with Crippen molar-refractivity contribution in [3.63, 3.8) is 0 Å². The minimum absolute atomic E-state index is 0.110. The molecule has 0 aliphatic carbocycles. The van der Waals surface area contributed by atoms with Crippen LogP contribution >= 0.6 is 0 Å². The Bertz CT molecular complexity index is 317. The second-order valence-corrected chi connectivity index (χ2v) is 4.60. The first-order valence-corrected chi connectivity index (χ1v) is 6.30. The van der Waals surface area contributed by atoms with E-state index >= 15 is 0 Å². The molecule has 0 bridgehead atoms. The van der Waals surface area contributed by atoms with Crippen molar-refractivity contribution in [2.75, 3.05) is 6.54 Å². The zero-order chi connectivity index (χ0) is 14.8. The van der Waals surface area contributed by atoms with Crippen molar-refractivity contribution in [2.24, 2.45) is 0 Å². The van der Waals surface area contributed by atoms with Gasteiger partial charge in [0.1, 0.15) is 6.04 Å². The van der Waals surface area contributed by atoms with Crippen LogP contribution in [0.1, 0.15) is 39.5 Å². The summed E-state index contributed by atoms with van der Waals surface area (Å²) >= 11 is 0. The molecule has 7 nitrogen and oxygen atoms in total. The highest BCUT2D eigenvalue weighted by Crippen LogP contribution is 1.99. The van der Waals surface area contributed by atoms with Gasteiger partial charge in [0.05, 0.1) is 0 Å². The predicted molar refractivity (Wildman–Crippen MR) is 68.8 cm³/mol. The van der Waals surface area contributed by atoms with E-state index in [1.54, 1.807) is 0 Å². The molecule has 0 aliphatic heterocycles. The van der Waals surface area contributed by atoms with Gasteiger partial charge in [0.2, 0.25) is 5.91 Å². The molecule has 110 valence electrons. The molecule has 0 aromatic rings. The van der Waals surface area contributed by atoms with Crippen LogP contribution in [0.4, 0.5) is 0 Å². The van der Waals surface area contributed by atoms with Gasteiger partial charge in [-0.3, -0.25) is 9.59 Å². The Hall–Kier alpha value is -1.63. The minimum Gasteiger partial charge on any atom is -0.481 e.